The number of ether oxygens (including phenoxy) is 2. The van der Waals surface area contributed by atoms with Crippen molar-refractivity contribution in [1.29, 1.82) is 0 Å². The minimum absolute atomic E-state index is 0.0711. The fourth-order valence-corrected chi connectivity index (χ4v) is 2.15. The monoisotopic (exact) mass is 351 g/mol. The molecule has 0 heterocycles. The number of halogens is 1. The zero-order chi connectivity index (χ0) is 15.2. The normalized spacial score (nSPS) is 10.2. The SMILES string of the molecule is CCOc1ccccc1Oc1ccc(CBr)cc1[N+](=O)[O-]. The highest BCUT2D eigenvalue weighted by molar-refractivity contribution is 9.08. The third-order valence-electron chi connectivity index (χ3n) is 2.74. The molecule has 0 unspecified atom stereocenters. The lowest BCUT2D eigenvalue weighted by Crippen LogP contribution is -1.97. The molecular weight excluding hydrogens is 338 g/mol. The fraction of sp³-hybridized carbons (Fsp3) is 0.200. The summed E-state index contributed by atoms with van der Waals surface area (Å²) in [6.07, 6.45) is 0. The van der Waals surface area contributed by atoms with Gasteiger partial charge in [-0.25, -0.2) is 0 Å². The highest BCUT2D eigenvalue weighted by Gasteiger charge is 2.18. The molecule has 0 amide bonds. The molecule has 0 saturated heterocycles. The van der Waals surface area contributed by atoms with E-state index >= 15 is 0 Å². The summed E-state index contributed by atoms with van der Waals surface area (Å²) in [5, 5.41) is 11.7. The highest BCUT2D eigenvalue weighted by Crippen LogP contribution is 2.36. The summed E-state index contributed by atoms with van der Waals surface area (Å²) in [5.74, 6) is 1.20. The first-order chi connectivity index (χ1) is 10.2. The van der Waals surface area contributed by atoms with Gasteiger partial charge in [-0.1, -0.05) is 34.1 Å². The van der Waals surface area contributed by atoms with Gasteiger partial charge in [0.15, 0.2) is 11.5 Å². The molecule has 0 radical (unpaired) electrons. The van der Waals surface area contributed by atoms with Gasteiger partial charge in [0.1, 0.15) is 0 Å². The lowest BCUT2D eigenvalue weighted by molar-refractivity contribution is -0.385. The molecule has 2 rings (SSSR count). The molecule has 0 aliphatic rings. The molecule has 0 atom stereocenters. The largest absolute Gasteiger partial charge is 0.490 e. The van der Waals surface area contributed by atoms with Gasteiger partial charge in [-0.3, -0.25) is 10.1 Å². The maximum Gasteiger partial charge on any atom is 0.311 e. The van der Waals surface area contributed by atoms with Crippen molar-refractivity contribution in [2.45, 2.75) is 12.3 Å². The molecule has 21 heavy (non-hydrogen) atoms. The Balaban J connectivity index is 2.37. The van der Waals surface area contributed by atoms with E-state index in [1.54, 1.807) is 30.3 Å². The van der Waals surface area contributed by atoms with E-state index in [-0.39, 0.29) is 11.4 Å². The number of benzene rings is 2. The Morgan fingerprint density at radius 1 is 1.14 bits per heavy atom. The Morgan fingerprint density at radius 2 is 1.86 bits per heavy atom. The summed E-state index contributed by atoms with van der Waals surface area (Å²) < 4.78 is 11.1. The van der Waals surface area contributed by atoms with Crippen molar-refractivity contribution in [3.8, 4) is 17.2 Å². The summed E-state index contributed by atoms with van der Waals surface area (Å²) >= 11 is 3.28. The van der Waals surface area contributed by atoms with Gasteiger partial charge in [-0.15, -0.1) is 0 Å². The van der Waals surface area contributed by atoms with Crippen LogP contribution in [0.2, 0.25) is 0 Å². The van der Waals surface area contributed by atoms with E-state index in [9.17, 15) is 10.1 Å². The van der Waals surface area contributed by atoms with Gasteiger partial charge in [0.05, 0.1) is 11.5 Å². The number of nitro benzene ring substituents is 1. The van der Waals surface area contributed by atoms with Gasteiger partial charge in [-0.2, -0.15) is 0 Å². The molecule has 0 aromatic heterocycles. The Labute approximate surface area is 130 Å². The van der Waals surface area contributed by atoms with Crippen molar-refractivity contribution in [2.75, 3.05) is 6.61 Å². The van der Waals surface area contributed by atoms with E-state index in [4.69, 9.17) is 9.47 Å². The molecule has 0 fully saturated rings. The van der Waals surface area contributed by atoms with Gasteiger partial charge < -0.3 is 9.47 Å². The van der Waals surface area contributed by atoms with Crippen molar-refractivity contribution in [1.82, 2.24) is 0 Å². The van der Waals surface area contributed by atoms with Gasteiger partial charge in [-0.05, 0) is 30.7 Å². The topological polar surface area (TPSA) is 61.6 Å². The molecule has 2 aromatic carbocycles. The van der Waals surface area contributed by atoms with Gasteiger partial charge in [0.2, 0.25) is 5.75 Å². The predicted octanol–water partition coefficient (Wildman–Crippen LogP) is 4.68. The average molecular weight is 352 g/mol. The van der Waals surface area contributed by atoms with E-state index < -0.39 is 4.92 Å². The molecule has 5 nitrogen and oxygen atoms in total. The Morgan fingerprint density at radius 3 is 2.48 bits per heavy atom. The second kappa shape index (κ2) is 7.08. The third-order valence-corrected chi connectivity index (χ3v) is 3.39. The van der Waals surface area contributed by atoms with E-state index in [1.807, 2.05) is 13.0 Å². The molecule has 0 aliphatic heterocycles. The van der Waals surface area contributed by atoms with Crippen molar-refractivity contribution in [3.63, 3.8) is 0 Å². The van der Waals surface area contributed by atoms with E-state index in [2.05, 4.69) is 15.9 Å². The maximum atomic E-state index is 11.2. The van der Waals surface area contributed by atoms with Crippen LogP contribution in [-0.2, 0) is 5.33 Å². The number of alkyl halides is 1. The Bertz CT molecular complexity index is 645. The van der Waals surface area contributed by atoms with Crippen molar-refractivity contribution in [2.24, 2.45) is 0 Å². The van der Waals surface area contributed by atoms with E-state index in [1.165, 1.54) is 6.07 Å². The van der Waals surface area contributed by atoms with Crippen LogP contribution in [0.25, 0.3) is 0 Å². The van der Waals surface area contributed by atoms with Crippen LogP contribution in [0.15, 0.2) is 42.5 Å². The lowest BCUT2D eigenvalue weighted by atomic mass is 10.2. The first-order valence-electron chi connectivity index (χ1n) is 6.38. The molecule has 0 spiro atoms. The molecule has 110 valence electrons. The minimum atomic E-state index is -0.454. The second-order valence-corrected chi connectivity index (χ2v) is 4.74. The average Bonchev–Trinajstić information content (AvgIpc) is 2.49. The summed E-state index contributed by atoms with van der Waals surface area (Å²) in [7, 11) is 0. The number of nitrogens with zero attached hydrogens (tertiary/aromatic N) is 1. The third kappa shape index (κ3) is 3.72. The molecule has 6 heteroatoms. The zero-order valence-electron chi connectivity index (χ0n) is 11.4. The van der Waals surface area contributed by atoms with E-state index in [0.29, 0.717) is 23.4 Å². The van der Waals surface area contributed by atoms with Crippen LogP contribution >= 0.6 is 15.9 Å². The summed E-state index contributed by atoms with van der Waals surface area (Å²) in [6.45, 7) is 2.36. The van der Waals surface area contributed by atoms with Crippen LogP contribution in [-0.4, -0.2) is 11.5 Å². The Hall–Kier alpha value is -2.08. The van der Waals surface area contributed by atoms with Gasteiger partial charge in [0.25, 0.3) is 0 Å². The second-order valence-electron chi connectivity index (χ2n) is 4.17. The van der Waals surface area contributed by atoms with Crippen LogP contribution in [0.3, 0.4) is 0 Å². The van der Waals surface area contributed by atoms with Crippen LogP contribution in [0.1, 0.15) is 12.5 Å². The minimum Gasteiger partial charge on any atom is -0.490 e. The smallest absolute Gasteiger partial charge is 0.311 e. The summed E-state index contributed by atoms with van der Waals surface area (Å²) in [5.41, 5.74) is 0.741. The molecule has 0 bridgehead atoms. The Kier molecular flexibility index (Phi) is 5.16. The molecule has 2 aromatic rings. The standard InChI is InChI=1S/C15H14BrNO4/c1-2-20-14-5-3-4-6-15(14)21-13-8-7-11(10-16)9-12(13)17(18)19/h3-9H,2,10H2,1H3. The zero-order valence-corrected chi connectivity index (χ0v) is 13.0. The van der Waals surface area contributed by atoms with Crippen LogP contribution in [0, 0.1) is 10.1 Å². The fourth-order valence-electron chi connectivity index (χ4n) is 1.80. The van der Waals surface area contributed by atoms with Gasteiger partial charge >= 0.3 is 5.69 Å². The first kappa shape index (κ1) is 15.3. The number of hydrogen-bond acceptors (Lipinski definition) is 4. The number of para-hydroxylation sites is 2. The first-order valence-corrected chi connectivity index (χ1v) is 7.50. The van der Waals surface area contributed by atoms with Gasteiger partial charge in [0, 0.05) is 11.4 Å². The summed E-state index contributed by atoms with van der Waals surface area (Å²) in [6, 6.07) is 12.0. The van der Waals surface area contributed by atoms with Crippen LogP contribution in [0.5, 0.6) is 17.2 Å². The molecule has 0 N–H and O–H groups in total. The van der Waals surface area contributed by atoms with Crippen LogP contribution in [0.4, 0.5) is 5.69 Å². The van der Waals surface area contributed by atoms with E-state index in [0.717, 1.165) is 5.56 Å². The number of nitro groups is 1. The number of rotatable bonds is 6. The molecule has 0 saturated carbocycles. The lowest BCUT2D eigenvalue weighted by Gasteiger charge is -2.11. The highest BCUT2D eigenvalue weighted by atomic mass is 79.9. The van der Waals surface area contributed by atoms with Crippen molar-refractivity contribution >= 4 is 21.6 Å². The van der Waals surface area contributed by atoms with Crippen molar-refractivity contribution in [3.05, 3.63) is 58.1 Å². The predicted molar refractivity (Wildman–Crippen MR) is 83.4 cm³/mol. The van der Waals surface area contributed by atoms with Crippen molar-refractivity contribution < 1.29 is 14.4 Å². The maximum absolute atomic E-state index is 11.2. The molecule has 0 aliphatic carbocycles. The summed E-state index contributed by atoms with van der Waals surface area (Å²) in [4.78, 5) is 10.7. The quantitative estimate of drug-likeness (QED) is 0.430. The molecular formula is C15H14BrNO4. The van der Waals surface area contributed by atoms with Crippen LogP contribution < -0.4 is 9.47 Å². The number of hydrogen-bond donors (Lipinski definition) is 0.